The van der Waals surface area contributed by atoms with Crippen LogP contribution in [0.25, 0.3) is 0 Å². The Morgan fingerprint density at radius 2 is 0.731 bits per heavy atom. The van der Waals surface area contributed by atoms with Gasteiger partial charge in [0.25, 0.3) is 0 Å². The molecule has 0 aromatic carbocycles. The molecule has 8 nitrogen and oxygen atoms in total. The van der Waals surface area contributed by atoms with Crippen LogP contribution in [0.1, 0.15) is 233 Å². The predicted molar refractivity (Wildman–Crippen MR) is 216 cm³/mol. The van der Waals surface area contributed by atoms with Gasteiger partial charge in [0.05, 0.1) is 6.61 Å². The lowest BCUT2D eigenvalue weighted by Gasteiger charge is -2.18. The molecular formula is C43H85O8P. The van der Waals surface area contributed by atoms with E-state index in [1.54, 1.807) is 0 Å². The Bertz CT molecular complexity index is 843. The number of phosphoric acid groups is 1. The molecule has 0 fully saturated rings. The fourth-order valence-electron chi connectivity index (χ4n) is 6.69. The quantitative estimate of drug-likeness (QED) is 0.0360. The number of unbranched alkanes of at least 4 members (excludes halogenated alkanes) is 26. The number of rotatable bonds is 40. The first-order valence-corrected chi connectivity index (χ1v) is 23.6. The van der Waals surface area contributed by atoms with Crippen molar-refractivity contribution < 1.29 is 37.9 Å². The van der Waals surface area contributed by atoms with Gasteiger partial charge in [0.1, 0.15) is 6.61 Å². The molecule has 0 aliphatic heterocycles. The largest absolute Gasteiger partial charge is 0.469 e. The van der Waals surface area contributed by atoms with Crippen LogP contribution in [0, 0.1) is 11.8 Å². The molecule has 0 radical (unpaired) electrons. The molecule has 52 heavy (non-hydrogen) atoms. The van der Waals surface area contributed by atoms with Crippen molar-refractivity contribution in [2.24, 2.45) is 11.8 Å². The summed E-state index contributed by atoms with van der Waals surface area (Å²) < 4.78 is 26.4. The van der Waals surface area contributed by atoms with Gasteiger partial charge in [-0.25, -0.2) is 4.57 Å². The van der Waals surface area contributed by atoms with E-state index in [2.05, 4.69) is 32.2 Å². The van der Waals surface area contributed by atoms with Crippen molar-refractivity contribution in [1.82, 2.24) is 0 Å². The van der Waals surface area contributed by atoms with E-state index < -0.39 is 32.5 Å². The van der Waals surface area contributed by atoms with Crippen molar-refractivity contribution in [3.63, 3.8) is 0 Å². The van der Waals surface area contributed by atoms with E-state index in [0.717, 1.165) is 50.4 Å². The molecule has 0 aromatic rings. The summed E-state index contributed by atoms with van der Waals surface area (Å²) in [6, 6.07) is 0. The summed E-state index contributed by atoms with van der Waals surface area (Å²) in [5.74, 6) is 0.791. The third-order valence-corrected chi connectivity index (χ3v) is 10.5. The van der Waals surface area contributed by atoms with Gasteiger partial charge in [-0.05, 0) is 24.7 Å². The lowest BCUT2D eigenvalue weighted by molar-refractivity contribution is -0.161. The average molecular weight is 761 g/mol. The molecule has 0 saturated carbocycles. The molecule has 0 saturated heterocycles. The van der Waals surface area contributed by atoms with Gasteiger partial charge in [-0.2, -0.15) is 0 Å². The zero-order valence-corrected chi connectivity index (χ0v) is 35.5. The highest BCUT2D eigenvalue weighted by molar-refractivity contribution is 7.46. The number of phosphoric ester groups is 1. The Balaban J connectivity index is 3.83. The van der Waals surface area contributed by atoms with E-state index in [4.69, 9.17) is 19.3 Å². The number of ether oxygens (including phenoxy) is 2. The van der Waals surface area contributed by atoms with Gasteiger partial charge in [0.2, 0.25) is 0 Å². The Morgan fingerprint density at radius 3 is 1.04 bits per heavy atom. The maximum atomic E-state index is 12.4. The van der Waals surface area contributed by atoms with Crippen molar-refractivity contribution >= 4 is 19.8 Å². The third kappa shape index (κ3) is 41.8. The summed E-state index contributed by atoms with van der Waals surface area (Å²) in [4.78, 5) is 42.9. The van der Waals surface area contributed by atoms with E-state index in [-0.39, 0.29) is 19.4 Å². The van der Waals surface area contributed by atoms with Crippen molar-refractivity contribution in [3.05, 3.63) is 0 Å². The number of hydrogen-bond acceptors (Lipinski definition) is 6. The maximum Gasteiger partial charge on any atom is 0.469 e. The van der Waals surface area contributed by atoms with E-state index >= 15 is 0 Å². The van der Waals surface area contributed by atoms with Crippen molar-refractivity contribution in [3.8, 4) is 0 Å². The van der Waals surface area contributed by atoms with Crippen LogP contribution in [-0.4, -0.2) is 41.0 Å². The molecule has 0 aliphatic carbocycles. The Hall–Kier alpha value is -0.950. The summed E-state index contributed by atoms with van der Waals surface area (Å²) in [6.07, 6.45) is 36.9. The van der Waals surface area contributed by atoms with Gasteiger partial charge in [0.15, 0.2) is 6.10 Å². The summed E-state index contributed by atoms with van der Waals surface area (Å²) in [5.41, 5.74) is 0. The van der Waals surface area contributed by atoms with Gasteiger partial charge in [-0.3, -0.25) is 14.1 Å². The molecule has 0 amide bonds. The normalized spacial score (nSPS) is 12.5. The highest BCUT2D eigenvalue weighted by Crippen LogP contribution is 2.36. The fraction of sp³-hybridized carbons (Fsp3) is 0.953. The van der Waals surface area contributed by atoms with Crippen LogP contribution in [0.3, 0.4) is 0 Å². The van der Waals surface area contributed by atoms with Crippen molar-refractivity contribution in [2.45, 2.75) is 239 Å². The minimum absolute atomic E-state index is 0.218. The molecule has 0 aliphatic rings. The molecule has 0 heterocycles. The zero-order valence-electron chi connectivity index (χ0n) is 34.6. The minimum Gasteiger partial charge on any atom is -0.462 e. The highest BCUT2D eigenvalue weighted by Gasteiger charge is 2.23. The third-order valence-electron chi connectivity index (χ3n) is 9.98. The van der Waals surface area contributed by atoms with Gasteiger partial charge < -0.3 is 19.3 Å². The Kier molecular flexibility index (Phi) is 36.3. The van der Waals surface area contributed by atoms with Crippen LogP contribution in [0.5, 0.6) is 0 Å². The smallest absolute Gasteiger partial charge is 0.462 e. The number of esters is 2. The van der Waals surface area contributed by atoms with Crippen LogP contribution in [0.15, 0.2) is 0 Å². The maximum absolute atomic E-state index is 12.4. The minimum atomic E-state index is -4.75. The lowest BCUT2D eigenvalue weighted by Crippen LogP contribution is -2.29. The summed E-state index contributed by atoms with van der Waals surface area (Å²) >= 11 is 0. The number of carbonyl (C=O) groups excluding carboxylic acids is 2. The molecule has 9 heteroatoms. The molecule has 2 N–H and O–H groups in total. The second-order valence-electron chi connectivity index (χ2n) is 16.3. The summed E-state index contributed by atoms with van der Waals surface area (Å²) in [7, 11) is -4.75. The molecular weight excluding hydrogens is 675 g/mol. The molecule has 310 valence electrons. The van der Waals surface area contributed by atoms with Crippen LogP contribution in [0.2, 0.25) is 0 Å². The van der Waals surface area contributed by atoms with Gasteiger partial charge >= 0.3 is 19.8 Å². The monoisotopic (exact) mass is 761 g/mol. The van der Waals surface area contributed by atoms with Gasteiger partial charge in [-0.15, -0.1) is 0 Å². The molecule has 0 rings (SSSR count). The van der Waals surface area contributed by atoms with Gasteiger partial charge in [-0.1, -0.05) is 207 Å². The molecule has 0 unspecified atom stereocenters. The molecule has 0 aromatic heterocycles. The van der Waals surface area contributed by atoms with E-state index in [9.17, 15) is 14.2 Å². The Labute approximate surface area is 321 Å². The zero-order chi connectivity index (χ0) is 38.5. The molecule has 0 spiro atoms. The summed E-state index contributed by atoms with van der Waals surface area (Å²) in [5, 5.41) is 0. The second kappa shape index (κ2) is 37.0. The predicted octanol–water partition coefficient (Wildman–Crippen LogP) is 13.3. The van der Waals surface area contributed by atoms with Crippen LogP contribution < -0.4 is 0 Å². The van der Waals surface area contributed by atoms with Gasteiger partial charge in [0, 0.05) is 12.8 Å². The van der Waals surface area contributed by atoms with Crippen molar-refractivity contribution in [2.75, 3.05) is 13.2 Å². The van der Waals surface area contributed by atoms with Crippen LogP contribution in [-0.2, 0) is 28.2 Å². The Morgan fingerprint density at radius 1 is 0.442 bits per heavy atom. The first-order chi connectivity index (χ1) is 25.0. The van der Waals surface area contributed by atoms with Crippen molar-refractivity contribution in [1.29, 1.82) is 0 Å². The van der Waals surface area contributed by atoms with E-state index in [1.807, 2.05) is 0 Å². The highest BCUT2D eigenvalue weighted by atomic mass is 31.2. The van der Waals surface area contributed by atoms with Crippen LogP contribution >= 0.6 is 7.82 Å². The lowest BCUT2D eigenvalue weighted by atomic mass is 10.0. The molecule has 1 atom stereocenters. The van der Waals surface area contributed by atoms with E-state index in [0.29, 0.717) is 6.42 Å². The number of hydrogen-bond donors (Lipinski definition) is 2. The fourth-order valence-corrected chi connectivity index (χ4v) is 7.05. The first kappa shape index (κ1) is 51.0. The average Bonchev–Trinajstić information content (AvgIpc) is 3.08. The molecule has 0 bridgehead atoms. The number of carbonyl (C=O) groups is 2. The SMILES string of the molecule is CC(C)CCCCCCCCCCCCCCCCCCC(=O)OC[C@H](COP(=O)(O)O)OC(=O)CCCCCCCCCCCCCCC(C)C. The van der Waals surface area contributed by atoms with E-state index in [1.165, 1.54) is 148 Å². The van der Waals surface area contributed by atoms with Crippen LogP contribution in [0.4, 0.5) is 0 Å². The summed E-state index contributed by atoms with van der Waals surface area (Å²) in [6.45, 7) is 8.40. The first-order valence-electron chi connectivity index (χ1n) is 22.0. The second-order valence-corrected chi connectivity index (χ2v) is 17.6. The standard InChI is InChI=1S/C43H85O8P/c1-39(2)33-29-25-21-17-13-9-7-5-6-8-10-15-19-23-27-31-35-42(44)49-37-41(38-50-52(46,47)48)51-43(45)36-32-28-24-20-16-12-11-14-18-22-26-30-34-40(3)4/h39-41H,5-38H2,1-4H3,(H2,46,47,48)/t41-/m1/s1. The topological polar surface area (TPSA) is 119 Å².